The summed E-state index contributed by atoms with van der Waals surface area (Å²) in [5.41, 5.74) is 3.86. The predicted octanol–water partition coefficient (Wildman–Crippen LogP) is 4.47. The molecule has 3 rings (SSSR count). The first-order chi connectivity index (χ1) is 9.61. The average Bonchev–Trinajstić information content (AvgIpc) is 2.99. The van der Waals surface area contributed by atoms with Gasteiger partial charge in [0.25, 0.3) is 0 Å². The van der Waals surface area contributed by atoms with Gasteiger partial charge in [-0.2, -0.15) is 0 Å². The lowest BCUT2D eigenvalue weighted by Gasteiger charge is -2.09. The highest BCUT2D eigenvalue weighted by Gasteiger charge is 2.16. The maximum absolute atomic E-state index is 11.7. The number of nitrogens with zero attached hydrogens (tertiary/aromatic N) is 1. The van der Waals surface area contributed by atoms with E-state index in [1.807, 2.05) is 25.1 Å². The molecule has 2 heterocycles. The van der Waals surface area contributed by atoms with Crippen LogP contribution < -0.4 is 5.76 Å². The number of aryl methyl sites for hydroxylation is 2. The summed E-state index contributed by atoms with van der Waals surface area (Å²) < 4.78 is 6.96. The van der Waals surface area contributed by atoms with Gasteiger partial charge in [0.2, 0.25) is 0 Å². The second-order valence-corrected chi connectivity index (χ2v) is 6.53. The predicted molar refractivity (Wildman–Crippen MR) is 86.0 cm³/mol. The SMILES string of the molecule is CCn1c(=O)oc2cc(C(Br)c3sccc3C)ccc21. The molecule has 0 saturated heterocycles. The fourth-order valence-corrected chi connectivity index (χ4v) is 4.23. The van der Waals surface area contributed by atoms with Gasteiger partial charge in [-0.05, 0) is 48.6 Å². The molecule has 0 saturated carbocycles. The molecule has 20 heavy (non-hydrogen) atoms. The van der Waals surface area contributed by atoms with Gasteiger partial charge >= 0.3 is 5.76 Å². The van der Waals surface area contributed by atoms with Crippen molar-refractivity contribution in [2.75, 3.05) is 0 Å². The normalized spacial score (nSPS) is 12.9. The van der Waals surface area contributed by atoms with Gasteiger partial charge in [0.05, 0.1) is 10.3 Å². The molecule has 3 aromatic rings. The smallest absolute Gasteiger partial charge is 0.408 e. The molecule has 0 amide bonds. The molecule has 0 aliphatic heterocycles. The van der Waals surface area contributed by atoms with E-state index in [0.29, 0.717) is 12.1 Å². The molecule has 5 heteroatoms. The summed E-state index contributed by atoms with van der Waals surface area (Å²) in [6.45, 7) is 4.66. The third-order valence-corrected chi connectivity index (χ3v) is 5.81. The summed E-state index contributed by atoms with van der Waals surface area (Å²) in [7, 11) is 0. The van der Waals surface area contributed by atoms with Crippen molar-refractivity contribution < 1.29 is 4.42 Å². The first kappa shape index (κ1) is 13.6. The molecule has 0 fully saturated rings. The number of alkyl halides is 1. The van der Waals surface area contributed by atoms with Crippen molar-refractivity contribution in [1.82, 2.24) is 4.57 Å². The molecule has 1 atom stereocenters. The minimum atomic E-state index is -0.293. The molecule has 0 radical (unpaired) electrons. The third kappa shape index (κ3) is 2.15. The molecule has 0 aliphatic carbocycles. The standard InChI is InChI=1S/C15H14BrNO2S/c1-3-17-11-5-4-10(8-12(11)19-15(17)18)13(16)14-9(2)6-7-20-14/h4-8,13H,3H2,1-2H3. The van der Waals surface area contributed by atoms with Crippen molar-refractivity contribution >= 4 is 38.4 Å². The maximum atomic E-state index is 11.7. The van der Waals surface area contributed by atoms with E-state index in [-0.39, 0.29) is 10.6 Å². The van der Waals surface area contributed by atoms with Crippen LogP contribution in [0, 0.1) is 6.92 Å². The van der Waals surface area contributed by atoms with Crippen LogP contribution in [-0.4, -0.2) is 4.57 Å². The van der Waals surface area contributed by atoms with Crippen molar-refractivity contribution in [2.45, 2.75) is 25.2 Å². The van der Waals surface area contributed by atoms with E-state index in [2.05, 4.69) is 34.3 Å². The highest BCUT2D eigenvalue weighted by molar-refractivity contribution is 9.09. The van der Waals surface area contributed by atoms with Crippen LogP contribution >= 0.6 is 27.3 Å². The summed E-state index contributed by atoms with van der Waals surface area (Å²) in [6.07, 6.45) is 0. The topological polar surface area (TPSA) is 35.1 Å². The van der Waals surface area contributed by atoms with E-state index in [9.17, 15) is 4.79 Å². The molecule has 0 bridgehead atoms. The number of thiophene rings is 1. The van der Waals surface area contributed by atoms with E-state index in [4.69, 9.17) is 4.42 Å². The maximum Gasteiger partial charge on any atom is 0.419 e. The van der Waals surface area contributed by atoms with E-state index < -0.39 is 0 Å². The van der Waals surface area contributed by atoms with E-state index in [0.717, 1.165) is 11.1 Å². The van der Waals surface area contributed by atoms with Crippen LogP contribution in [0.2, 0.25) is 0 Å². The number of aromatic nitrogens is 1. The summed E-state index contributed by atoms with van der Waals surface area (Å²) in [5.74, 6) is -0.293. The molecule has 0 spiro atoms. The Bertz CT molecular complexity index is 815. The summed E-state index contributed by atoms with van der Waals surface area (Å²) in [4.78, 5) is 13.1. The number of halogens is 1. The van der Waals surface area contributed by atoms with Crippen molar-refractivity contribution in [3.63, 3.8) is 0 Å². The van der Waals surface area contributed by atoms with Crippen LogP contribution in [0.15, 0.2) is 38.9 Å². The van der Waals surface area contributed by atoms with Gasteiger partial charge < -0.3 is 4.42 Å². The third-order valence-electron chi connectivity index (χ3n) is 3.43. The Hall–Kier alpha value is -1.33. The summed E-state index contributed by atoms with van der Waals surface area (Å²) in [5, 5.41) is 2.09. The zero-order valence-electron chi connectivity index (χ0n) is 11.2. The Labute approximate surface area is 129 Å². The van der Waals surface area contributed by atoms with E-state index in [1.165, 1.54) is 10.4 Å². The molecule has 1 unspecified atom stereocenters. The molecule has 2 aromatic heterocycles. The number of rotatable bonds is 3. The van der Waals surface area contributed by atoms with Gasteiger partial charge in [0, 0.05) is 11.4 Å². The molecular formula is C15H14BrNO2S. The largest absolute Gasteiger partial charge is 0.419 e. The number of hydrogen-bond acceptors (Lipinski definition) is 3. The number of fused-ring (bicyclic) bond motifs is 1. The Balaban J connectivity index is 2.10. The number of benzene rings is 1. The first-order valence-electron chi connectivity index (χ1n) is 6.43. The second kappa shape index (κ2) is 5.22. The van der Waals surface area contributed by atoms with Crippen LogP contribution in [0.25, 0.3) is 11.1 Å². The van der Waals surface area contributed by atoms with E-state index >= 15 is 0 Å². The van der Waals surface area contributed by atoms with Gasteiger partial charge in [-0.15, -0.1) is 11.3 Å². The van der Waals surface area contributed by atoms with Crippen LogP contribution in [0.4, 0.5) is 0 Å². The molecule has 0 N–H and O–H groups in total. The van der Waals surface area contributed by atoms with Crippen molar-refractivity contribution in [3.05, 3.63) is 56.2 Å². The van der Waals surface area contributed by atoms with Crippen LogP contribution in [0.1, 0.15) is 27.8 Å². The van der Waals surface area contributed by atoms with Crippen molar-refractivity contribution in [1.29, 1.82) is 0 Å². The minimum Gasteiger partial charge on any atom is -0.408 e. The highest BCUT2D eigenvalue weighted by Crippen LogP contribution is 2.37. The van der Waals surface area contributed by atoms with Crippen LogP contribution in [0.3, 0.4) is 0 Å². The zero-order chi connectivity index (χ0) is 14.3. The van der Waals surface area contributed by atoms with Gasteiger partial charge in [-0.3, -0.25) is 4.57 Å². The fourth-order valence-electron chi connectivity index (χ4n) is 2.34. The Morgan fingerprint density at radius 1 is 1.40 bits per heavy atom. The van der Waals surface area contributed by atoms with Crippen LogP contribution in [0.5, 0.6) is 0 Å². The van der Waals surface area contributed by atoms with Crippen molar-refractivity contribution in [3.8, 4) is 0 Å². The summed E-state index contributed by atoms with van der Waals surface area (Å²) >= 11 is 5.46. The minimum absolute atomic E-state index is 0.127. The van der Waals surface area contributed by atoms with Gasteiger partial charge in [-0.1, -0.05) is 22.0 Å². The molecule has 1 aromatic carbocycles. The summed E-state index contributed by atoms with van der Waals surface area (Å²) in [6, 6.07) is 8.06. The van der Waals surface area contributed by atoms with E-state index in [1.54, 1.807) is 15.9 Å². The number of hydrogen-bond donors (Lipinski definition) is 0. The Morgan fingerprint density at radius 3 is 2.85 bits per heavy atom. The average molecular weight is 352 g/mol. The lowest BCUT2D eigenvalue weighted by Crippen LogP contribution is -2.11. The quantitative estimate of drug-likeness (QED) is 0.652. The fraction of sp³-hybridized carbons (Fsp3) is 0.267. The molecule has 0 aliphatic rings. The molecule has 3 nitrogen and oxygen atoms in total. The Morgan fingerprint density at radius 2 is 2.20 bits per heavy atom. The second-order valence-electron chi connectivity index (χ2n) is 4.67. The zero-order valence-corrected chi connectivity index (χ0v) is 13.6. The van der Waals surface area contributed by atoms with Crippen LogP contribution in [-0.2, 0) is 6.54 Å². The molecular weight excluding hydrogens is 338 g/mol. The highest BCUT2D eigenvalue weighted by atomic mass is 79.9. The molecule has 104 valence electrons. The number of oxazole rings is 1. The lowest BCUT2D eigenvalue weighted by atomic mass is 10.1. The lowest BCUT2D eigenvalue weighted by molar-refractivity contribution is 0.513. The van der Waals surface area contributed by atoms with Gasteiger partial charge in [0.1, 0.15) is 0 Å². The first-order valence-corrected chi connectivity index (χ1v) is 8.22. The van der Waals surface area contributed by atoms with Crippen molar-refractivity contribution in [2.24, 2.45) is 0 Å². The van der Waals surface area contributed by atoms with Gasteiger partial charge in [-0.25, -0.2) is 4.79 Å². The monoisotopic (exact) mass is 351 g/mol. The van der Waals surface area contributed by atoms with Gasteiger partial charge in [0.15, 0.2) is 5.58 Å². The Kier molecular flexibility index (Phi) is 3.56.